The molecule has 0 N–H and O–H groups in total. The molecule has 5 heteroatoms. The van der Waals surface area contributed by atoms with Crippen molar-refractivity contribution < 1.29 is 19.0 Å². The molecule has 0 saturated carbocycles. The second-order valence-corrected chi connectivity index (χ2v) is 7.28. The number of hydrogen-bond donors (Lipinski definition) is 0. The summed E-state index contributed by atoms with van der Waals surface area (Å²) in [6.07, 6.45) is 1.68. The van der Waals surface area contributed by atoms with Gasteiger partial charge in [-0.1, -0.05) is 39.0 Å². The number of aliphatic imine (C=N–C) groups is 1. The number of rotatable bonds is 2. The second kappa shape index (κ2) is 6.02. The molecule has 2 heterocycles. The van der Waals surface area contributed by atoms with Crippen molar-refractivity contribution in [3.8, 4) is 11.5 Å². The van der Waals surface area contributed by atoms with Crippen LogP contribution >= 0.6 is 0 Å². The molecule has 0 aromatic heterocycles. The number of cyclic esters (lactones) is 1. The van der Waals surface area contributed by atoms with Gasteiger partial charge in [0.25, 0.3) is 0 Å². The van der Waals surface area contributed by atoms with Crippen molar-refractivity contribution in [2.75, 3.05) is 6.79 Å². The maximum Gasteiger partial charge on any atom is 0.363 e. The predicted octanol–water partition coefficient (Wildman–Crippen LogP) is 4.06. The van der Waals surface area contributed by atoms with Gasteiger partial charge in [-0.05, 0) is 46.9 Å². The molecule has 132 valence electrons. The topological polar surface area (TPSA) is 57.1 Å². The Morgan fingerprint density at radius 1 is 1.00 bits per heavy atom. The molecule has 4 rings (SSSR count). The number of hydrogen-bond acceptors (Lipinski definition) is 5. The molecule has 0 unspecified atom stereocenters. The zero-order chi connectivity index (χ0) is 18.3. The number of carbonyl (C=O) groups excluding carboxylic acids is 1. The smallest absolute Gasteiger partial charge is 0.363 e. The van der Waals surface area contributed by atoms with E-state index in [4.69, 9.17) is 14.2 Å². The van der Waals surface area contributed by atoms with Crippen LogP contribution in [0, 0.1) is 0 Å². The summed E-state index contributed by atoms with van der Waals surface area (Å²) in [6.45, 7) is 6.67. The SMILES string of the molecule is CC(C)(C)c1ccc(C2=N/C(=C/c3ccc4c(c3)OCO4)C(=O)O2)cc1. The fourth-order valence-electron chi connectivity index (χ4n) is 2.81. The Morgan fingerprint density at radius 2 is 1.73 bits per heavy atom. The summed E-state index contributed by atoms with van der Waals surface area (Å²) >= 11 is 0. The molecule has 2 aromatic rings. The van der Waals surface area contributed by atoms with Crippen molar-refractivity contribution in [1.82, 2.24) is 0 Å². The van der Waals surface area contributed by atoms with Crippen molar-refractivity contribution in [1.29, 1.82) is 0 Å². The average molecular weight is 349 g/mol. The number of esters is 1. The van der Waals surface area contributed by atoms with E-state index < -0.39 is 5.97 Å². The van der Waals surface area contributed by atoms with Gasteiger partial charge in [-0.25, -0.2) is 9.79 Å². The first-order valence-electron chi connectivity index (χ1n) is 8.43. The molecule has 0 amide bonds. The number of carbonyl (C=O) groups is 1. The average Bonchev–Trinajstić information content (AvgIpc) is 3.21. The van der Waals surface area contributed by atoms with Crippen molar-refractivity contribution in [2.45, 2.75) is 26.2 Å². The predicted molar refractivity (Wildman–Crippen MR) is 98.3 cm³/mol. The van der Waals surface area contributed by atoms with Crippen molar-refractivity contribution in [3.63, 3.8) is 0 Å². The Balaban J connectivity index is 1.61. The van der Waals surface area contributed by atoms with Gasteiger partial charge in [0, 0.05) is 5.56 Å². The largest absolute Gasteiger partial charge is 0.454 e. The van der Waals surface area contributed by atoms with Gasteiger partial charge in [-0.2, -0.15) is 0 Å². The molecular weight excluding hydrogens is 330 g/mol. The van der Waals surface area contributed by atoms with E-state index in [1.807, 2.05) is 42.5 Å². The molecule has 0 radical (unpaired) electrons. The third kappa shape index (κ3) is 3.08. The standard InChI is InChI=1S/C21H19NO4/c1-21(2,3)15-7-5-14(6-8-15)19-22-16(20(23)26-19)10-13-4-9-17-18(11-13)25-12-24-17/h4-11H,12H2,1-3H3/b16-10+. The quantitative estimate of drug-likeness (QED) is 0.606. The van der Waals surface area contributed by atoms with Crippen LogP contribution in [0.15, 0.2) is 53.2 Å². The lowest BCUT2D eigenvalue weighted by Gasteiger charge is -2.18. The van der Waals surface area contributed by atoms with E-state index in [-0.39, 0.29) is 17.9 Å². The van der Waals surface area contributed by atoms with E-state index in [1.165, 1.54) is 5.56 Å². The molecule has 0 atom stereocenters. The van der Waals surface area contributed by atoms with Crippen LogP contribution in [0.5, 0.6) is 11.5 Å². The van der Waals surface area contributed by atoms with Crippen LogP contribution in [0.3, 0.4) is 0 Å². The summed E-state index contributed by atoms with van der Waals surface area (Å²) in [5.41, 5.74) is 3.12. The van der Waals surface area contributed by atoms with Crippen LogP contribution in [0.2, 0.25) is 0 Å². The van der Waals surface area contributed by atoms with Gasteiger partial charge < -0.3 is 14.2 Å². The normalized spacial score (nSPS) is 17.4. The minimum absolute atomic E-state index is 0.0666. The zero-order valence-corrected chi connectivity index (χ0v) is 14.9. The van der Waals surface area contributed by atoms with Gasteiger partial charge in [-0.15, -0.1) is 0 Å². The first-order chi connectivity index (χ1) is 12.4. The Hall–Kier alpha value is -3.08. The molecule has 0 spiro atoms. The summed E-state index contributed by atoms with van der Waals surface area (Å²) < 4.78 is 16.0. The Bertz CT molecular complexity index is 933. The lowest BCUT2D eigenvalue weighted by Crippen LogP contribution is -2.11. The highest BCUT2D eigenvalue weighted by Gasteiger charge is 2.25. The van der Waals surface area contributed by atoms with Crippen molar-refractivity contribution in [3.05, 3.63) is 64.9 Å². The van der Waals surface area contributed by atoms with Crippen LogP contribution < -0.4 is 9.47 Å². The van der Waals surface area contributed by atoms with E-state index in [0.29, 0.717) is 17.4 Å². The van der Waals surface area contributed by atoms with Crippen molar-refractivity contribution >= 4 is 17.9 Å². The summed E-state index contributed by atoms with van der Waals surface area (Å²) in [7, 11) is 0. The summed E-state index contributed by atoms with van der Waals surface area (Å²) in [5, 5.41) is 0. The van der Waals surface area contributed by atoms with E-state index in [0.717, 1.165) is 11.1 Å². The highest BCUT2D eigenvalue weighted by molar-refractivity contribution is 6.12. The van der Waals surface area contributed by atoms with Gasteiger partial charge in [-0.3, -0.25) is 0 Å². The molecule has 2 aliphatic heterocycles. The minimum atomic E-state index is -0.461. The van der Waals surface area contributed by atoms with E-state index >= 15 is 0 Å². The van der Waals surface area contributed by atoms with Crippen LogP contribution in [-0.2, 0) is 14.9 Å². The summed E-state index contributed by atoms with van der Waals surface area (Å²) in [4.78, 5) is 16.5. The molecule has 26 heavy (non-hydrogen) atoms. The van der Waals surface area contributed by atoms with Gasteiger partial charge in [0.15, 0.2) is 17.2 Å². The number of ether oxygens (including phenoxy) is 3. The summed E-state index contributed by atoms with van der Waals surface area (Å²) in [5.74, 6) is 1.22. The first-order valence-corrected chi connectivity index (χ1v) is 8.43. The van der Waals surface area contributed by atoms with E-state index in [9.17, 15) is 4.79 Å². The fourth-order valence-corrected chi connectivity index (χ4v) is 2.81. The number of fused-ring (bicyclic) bond motifs is 1. The maximum absolute atomic E-state index is 12.2. The van der Waals surface area contributed by atoms with Gasteiger partial charge in [0.05, 0.1) is 0 Å². The third-order valence-corrected chi connectivity index (χ3v) is 4.32. The van der Waals surface area contributed by atoms with Crippen LogP contribution in [-0.4, -0.2) is 18.7 Å². The van der Waals surface area contributed by atoms with Crippen LogP contribution in [0.4, 0.5) is 0 Å². The molecule has 0 aliphatic carbocycles. The van der Waals surface area contributed by atoms with E-state index in [1.54, 1.807) is 6.08 Å². The minimum Gasteiger partial charge on any atom is -0.454 e. The molecule has 2 aromatic carbocycles. The molecule has 0 fully saturated rings. The first kappa shape index (κ1) is 16.4. The monoisotopic (exact) mass is 349 g/mol. The number of benzene rings is 2. The van der Waals surface area contributed by atoms with Gasteiger partial charge in [0.2, 0.25) is 12.7 Å². The third-order valence-electron chi connectivity index (χ3n) is 4.32. The van der Waals surface area contributed by atoms with Crippen LogP contribution in [0.1, 0.15) is 37.5 Å². The molecule has 0 bridgehead atoms. The second-order valence-electron chi connectivity index (χ2n) is 7.28. The highest BCUT2D eigenvalue weighted by Crippen LogP contribution is 2.33. The lowest BCUT2D eigenvalue weighted by atomic mass is 9.87. The highest BCUT2D eigenvalue weighted by atomic mass is 16.7. The summed E-state index contributed by atoms with van der Waals surface area (Å²) in [6, 6.07) is 13.4. The molecule has 0 saturated heterocycles. The Kier molecular flexibility index (Phi) is 3.80. The maximum atomic E-state index is 12.2. The van der Waals surface area contributed by atoms with Gasteiger partial charge in [0.1, 0.15) is 0 Å². The number of nitrogens with zero attached hydrogens (tertiary/aromatic N) is 1. The fraction of sp³-hybridized carbons (Fsp3) is 0.238. The molecular formula is C21H19NO4. The zero-order valence-electron chi connectivity index (χ0n) is 14.9. The lowest BCUT2D eigenvalue weighted by molar-refractivity contribution is -0.129. The molecule has 2 aliphatic rings. The Morgan fingerprint density at radius 3 is 2.46 bits per heavy atom. The van der Waals surface area contributed by atoms with Crippen molar-refractivity contribution in [2.24, 2.45) is 4.99 Å². The van der Waals surface area contributed by atoms with E-state index in [2.05, 4.69) is 25.8 Å². The Labute approximate surface area is 151 Å². The van der Waals surface area contributed by atoms with Gasteiger partial charge >= 0.3 is 5.97 Å². The van der Waals surface area contributed by atoms with Crippen LogP contribution in [0.25, 0.3) is 6.08 Å². The molecule has 5 nitrogen and oxygen atoms in total.